The molecular weight excluding hydrogens is 394 g/mol. The third-order valence-electron chi connectivity index (χ3n) is 5.66. The number of allylic oxidation sites excluding steroid dienone is 1. The number of carbonyl (C=O) groups excluding carboxylic acids is 2. The van der Waals surface area contributed by atoms with Gasteiger partial charge in [0.2, 0.25) is 11.8 Å². The van der Waals surface area contributed by atoms with E-state index in [4.69, 9.17) is 0 Å². The Morgan fingerprint density at radius 3 is 2.67 bits per heavy atom. The number of hydrogen-bond donors (Lipinski definition) is 1. The van der Waals surface area contributed by atoms with Gasteiger partial charge >= 0.3 is 0 Å². The molecule has 0 unspecified atom stereocenters. The topological polar surface area (TPSA) is 73.2 Å². The quantitative estimate of drug-likeness (QED) is 0.824. The molecule has 1 atom stereocenters. The van der Waals surface area contributed by atoms with Crippen LogP contribution in [0, 0.1) is 18.3 Å². The molecule has 0 saturated heterocycles. The minimum atomic E-state index is -0.274. The van der Waals surface area contributed by atoms with E-state index < -0.39 is 0 Å². The molecule has 6 heteroatoms. The summed E-state index contributed by atoms with van der Waals surface area (Å²) in [5.74, 6) is -0.180. The average molecular weight is 418 g/mol. The highest BCUT2D eigenvalue weighted by atomic mass is 32.2. The fourth-order valence-electron chi connectivity index (χ4n) is 3.95. The maximum absolute atomic E-state index is 12.8. The van der Waals surface area contributed by atoms with Crippen LogP contribution in [0.5, 0.6) is 0 Å². The van der Waals surface area contributed by atoms with E-state index in [2.05, 4.69) is 23.5 Å². The molecule has 30 heavy (non-hydrogen) atoms. The molecule has 5 nitrogen and oxygen atoms in total. The molecule has 2 amide bonds. The van der Waals surface area contributed by atoms with E-state index >= 15 is 0 Å². The van der Waals surface area contributed by atoms with Gasteiger partial charge in [0, 0.05) is 25.4 Å². The molecule has 0 bridgehead atoms. The van der Waals surface area contributed by atoms with E-state index in [0.29, 0.717) is 23.7 Å². The number of aryl methyl sites for hydroxylation is 1. The van der Waals surface area contributed by atoms with Gasteiger partial charge in [0.15, 0.2) is 0 Å². The van der Waals surface area contributed by atoms with Gasteiger partial charge in [0.25, 0.3) is 0 Å². The normalized spacial score (nSPS) is 18.5. The predicted molar refractivity (Wildman–Crippen MR) is 117 cm³/mol. The number of nitrogens with zero attached hydrogens (tertiary/aromatic N) is 2. The molecule has 0 spiro atoms. The first-order chi connectivity index (χ1) is 14.5. The second-order valence-electron chi connectivity index (χ2n) is 7.69. The Morgan fingerprint density at radius 1 is 1.20 bits per heavy atom. The van der Waals surface area contributed by atoms with Crippen LogP contribution in [0.15, 0.2) is 59.1 Å². The van der Waals surface area contributed by atoms with Crippen LogP contribution in [0.3, 0.4) is 0 Å². The molecule has 0 aliphatic carbocycles. The largest absolute Gasteiger partial charge is 0.337 e. The van der Waals surface area contributed by atoms with Gasteiger partial charge in [-0.1, -0.05) is 65.9 Å². The zero-order valence-corrected chi connectivity index (χ0v) is 17.7. The Bertz CT molecular complexity index is 1050. The molecule has 2 heterocycles. The summed E-state index contributed by atoms with van der Waals surface area (Å²) in [6.45, 7) is 3.31. The minimum Gasteiger partial charge on any atom is -0.337 e. The van der Waals surface area contributed by atoms with E-state index in [1.54, 1.807) is 0 Å². The van der Waals surface area contributed by atoms with Crippen molar-refractivity contribution in [3.63, 3.8) is 0 Å². The van der Waals surface area contributed by atoms with E-state index in [-0.39, 0.29) is 29.9 Å². The fourth-order valence-corrected chi connectivity index (χ4v) is 4.93. The molecule has 2 aliphatic rings. The van der Waals surface area contributed by atoms with Crippen LogP contribution in [0.2, 0.25) is 0 Å². The molecule has 0 aromatic heterocycles. The molecular formula is C24H23N3O2S. The first kappa shape index (κ1) is 20.2. The van der Waals surface area contributed by atoms with Gasteiger partial charge in [-0.15, -0.1) is 0 Å². The van der Waals surface area contributed by atoms with Gasteiger partial charge in [-0.3, -0.25) is 9.59 Å². The summed E-state index contributed by atoms with van der Waals surface area (Å²) in [5.41, 5.74) is 5.09. The Hall–Kier alpha value is -3.04. The second-order valence-corrected chi connectivity index (χ2v) is 8.68. The van der Waals surface area contributed by atoms with Gasteiger partial charge < -0.3 is 10.2 Å². The molecule has 2 aliphatic heterocycles. The predicted octanol–water partition coefficient (Wildman–Crippen LogP) is 3.65. The molecule has 4 rings (SSSR count). The highest BCUT2D eigenvalue weighted by Crippen LogP contribution is 2.36. The molecule has 0 fully saturated rings. The van der Waals surface area contributed by atoms with Crippen LogP contribution < -0.4 is 5.32 Å². The monoisotopic (exact) mass is 417 g/mol. The van der Waals surface area contributed by atoms with E-state index in [0.717, 1.165) is 17.5 Å². The Labute approximate surface area is 180 Å². The lowest BCUT2D eigenvalue weighted by molar-refractivity contribution is -0.129. The molecule has 0 saturated carbocycles. The number of rotatable bonds is 4. The van der Waals surface area contributed by atoms with Crippen molar-refractivity contribution in [3.05, 3.63) is 81.4 Å². The highest BCUT2D eigenvalue weighted by Gasteiger charge is 2.30. The summed E-state index contributed by atoms with van der Waals surface area (Å²) in [6.07, 6.45) is 1.10. The number of hydrogen-bond acceptors (Lipinski definition) is 4. The molecule has 0 radical (unpaired) electrons. The minimum absolute atomic E-state index is 0.0194. The van der Waals surface area contributed by atoms with Crippen LogP contribution in [0.25, 0.3) is 0 Å². The van der Waals surface area contributed by atoms with Crippen molar-refractivity contribution in [2.45, 2.75) is 32.2 Å². The zero-order chi connectivity index (χ0) is 21.1. The van der Waals surface area contributed by atoms with Crippen molar-refractivity contribution in [1.82, 2.24) is 10.2 Å². The lowest BCUT2D eigenvalue weighted by Crippen LogP contribution is -2.37. The van der Waals surface area contributed by atoms with Crippen LogP contribution in [0.1, 0.15) is 34.6 Å². The third kappa shape index (κ3) is 4.27. The lowest BCUT2D eigenvalue weighted by atomic mass is 9.87. The Balaban J connectivity index is 1.48. The van der Waals surface area contributed by atoms with Crippen molar-refractivity contribution < 1.29 is 9.59 Å². The van der Waals surface area contributed by atoms with Crippen molar-refractivity contribution in [3.8, 4) is 6.07 Å². The standard InChI is InChI=1S/C24H23N3O2S/c1-16-6-8-18(9-7-16)20-12-22(28)26-24(21(20)13-25)30-15-23(29)27-11-10-17-4-2-3-5-19(17)14-27/h2-9,20H,10-12,14-15H2,1H3,(H,26,28)/t20-/m0/s1. The third-order valence-corrected chi connectivity index (χ3v) is 6.66. The van der Waals surface area contributed by atoms with Gasteiger partial charge in [0.1, 0.15) is 0 Å². The smallest absolute Gasteiger partial charge is 0.233 e. The number of nitrogens with one attached hydrogen (secondary N) is 1. The lowest BCUT2D eigenvalue weighted by Gasteiger charge is -2.29. The second kappa shape index (κ2) is 8.76. The number of nitriles is 1. The number of carbonyl (C=O) groups is 2. The van der Waals surface area contributed by atoms with E-state index in [9.17, 15) is 14.9 Å². The van der Waals surface area contributed by atoms with E-state index in [1.807, 2.05) is 48.2 Å². The Morgan fingerprint density at radius 2 is 1.93 bits per heavy atom. The average Bonchev–Trinajstić information content (AvgIpc) is 2.77. The SMILES string of the molecule is Cc1ccc([C@@H]2CC(=O)NC(SCC(=O)N3CCc4ccccc4C3)=C2C#N)cc1. The molecule has 1 N–H and O–H groups in total. The van der Waals surface area contributed by atoms with Crippen molar-refractivity contribution in [1.29, 1.82) is 5.26 Å². The summed E-state index contributed by atoms with van der Waals surface area (Å²) in [4.78, 5) is 27.0. The van der Waals surface area contributed by atoms with Gasteiger partial charge in [-0.2, -0.15) is 5.26 Å². The highest BCUT2D eigenvalue weighted by molar-refractivity contribution is 8.03. The van der Waals surface area contributed by atoms with Gasteiger partial charge in [0.05, 0.1) is 22.4 Å². The van der Waals surface area contributed by atoms with E-state index in [1.165, 1.54) is 22.9 Å². The maximum atomic E-state index is 12.8. The first-order valence-corrected chi connectivity index (χ1v) is 11.0. The van der Waals surface area contributed by atoms with Crippen LogP contribution in [-0.2, 0) is 22.6 Å². The summed E-state index contributed by atoms with van der Waals surface area (Å²) in [6, 6.07) is 18.4. The van der Waals surface area contributed by atoms with Crippen molar-refractivity contribution in [2.75, 3.05) is 12.3 Å². The van der Waals surface area contributed by atoms with Gasteiger partial charge in [-0.25, -0.2) is 0 Å². The fraction of sp³-hybridized carbons (Fsp3) is 0.292. The number of benzene rings is 2. The number of fused-ring (bicyclic) bond motifs is 1. The van der Waals surface area contributed by atoms with Crippen molar-refractivity contribution in [2.24, 2.45) is 0 Å². The first-order valence-electron chi connectivity index (χ1n) is 10.0. The molecule has 152 valence electrons. The van der Waals surface area contributed by atoms with Crippen molar-refractivity contribution >= 4 is 23.6 Å². The Kier molecular flexibility index (Phi) is 5.91. The maximum Gasteiger partial charge on any atom is 0.233 e. The van der Waals surface area contributed by atoms with Gasteiger partial charge in [-0.05, 0) is 30.0 Å². The summed E-state index contributed by atoms with van der Waals surface area (Å²) >= 11 is 1.25. The summed E-state index contributed by atoms with van der Waals surface area (Å²) in [5, 5.41) is 13.1. The summed E-state index contributed by atoms with van der Waals surface area (Å²) in [7, 11) is 0. The zero-order valence-electron chi connectivity index (χ0n) is 16.9. The van der Waals surface area contributed by atoms with Crippen LogP contribution in [0.4, 0.5) is 0 Å². The summed E-state index contributed by atoms with van der Waals surface area (Å²) < 4.78 is 0. The molecule has 2 aromatic carbocycles. The molecule has 2 aromatic rings. The number of thioether (sulfide) groups is 1. The van der Waals surface area contributed by atoms with Crippen LogP contribution >= 0.6 is 11.8 Å². The van der Waals surface area contributed by atoms with Crippen LogP contribution in [-0.4, -0.2) is 29.0 Å². The number of amides is 2.